The van der Waals surface area contributed by atoms with E-state index in [0.29, 0.717) is 11.3 Å². The molecule has 6 heteroatoms. The maximum Gasteiger partial charge on any atom is 0.338 e. The fraction of sp³-hybridized carbons (Fsp3) is 0.0667. The summed E-state index contributed by atoms with van der Waals surface area (Å²) in [6.07, 6.45) is 0. The molecule has 0 saturated carbocycles. The minimum atomic E-state index is -1.21. The molecule has 4 nitrogen and oxygen atoms in total. The third-order valence-corrected chi connectivity index (χ3v) is 4.16. The Labute approximate surface area is 127 Å². The number of hydrogen-bond acceptors (Lipinski definition) is 2. The molecule has 1 aromatic heterocycles. The first-order valence-corrected chi connectivity index (χ1v) is 6.94. The molecule has 0 fully saturated rings. The second kappa shape index (κ2) is 4.96. The molecule has 2 aromatic carbocycles. The monoisotopic (exact) mass is 348 g/mol. The second-order valence-corrected chi connectivity index (χ2v) is 5.51. The predicted molar refractivity (Wildman–Crippen MR) is 80.9 cm³/mol. The Kier molecular flexibility index (Phi) is 3.25. The van der Waals surface area contributed by atoms with Crippen LogP contribution in [-0.4, -0.2) is 21.0 Å². The van der Waals surface area contributed by atoms with Gasteiger partial charge in [0, 0.05) is 10.0 Å². The van der Waals surface area contributed by atoms with Gasteiger partial charge in [-0.05, 0) is 30.7 Å². The Morgan fingerprint density at radius 2 is 2.14 bits per heavy atom. The van der Waals surface area contributed by atoms with E-state index < -0.39 is 11.8 Å². The molecular weight excluding hydrogens is 339 g/mol. The Morgan fingerprint density at radius 1 is 1.38 bits per heavy atom. The number of aromatic nitrogens is 2. The molecule has 0 amide bonds. The lowest BCUT2D eigenvalue weighted by atomic mass is 10.1. The zero-order valence-electron chi connectivity index (χ0n) is 10.9. The molecule has 0 radical (unpaired) electrons. The van der Waals surface area contributed by atoms with Crippen molar-refractivity contribution < 1.29 is 14.3 Å². The predicted octanol–water partition coefficient (Wildman–Crippen LogP) is 4.14. The molecule has 21 heavy (non-hydrogen) atoms. The normalized spacial score (nSPS) is 11.0. The van der Waals surface area contributed by atoms with E-state index in [4.69, 9.17) is 5.11 Å². The number of benzene rings is 2. The van der Waals surface area contributed by atoms with Crippen LogP contribution in [-0.2, 0) is 0 Å². The highest BCUT2D eigenvalue weighted by atomic mass is 79.9. The van der Waals surface area contributed by atoms with E-state index in [0.717, 1.165) is 21.7 Å². The van der Waals surface area contributed by atoms with Gasteiger partial charge in [0.2, 0.25) is 0 Å². The average Bonchev–Trinajstić information content (AvgIpc) is 2.84. The van der Waals surface area contributed by atoms with Crippen LogP contribution >= 0.6 is 15.9 Å². The highest BCUT2D eigenvalue weighted by Crippen LogP contribution is 2.29. The Balaban J connectivity index is 2.29. The minimum absolute atomic E-state index is 0.153. The molecule has 0 bridgehead atoms. The lowest BCUT2D eigenvalue weighted by Gasteiger charge is -2.03. The number of carboxylic acid groups (broad SMARTS) is 1. The number of carbonyl (C=O) groups is 1. The summed E-state index contributed by atoms with van der Waals surface area (Å²) in [6.45, 7) is 1.92. The maximum atomic E-state index is 13.5. The topological polar surface area (TPSA) is 66.0 Å². The molecular formula is C15H10BrFN2O2. The number of hydrogen-bond donors (Lipinski definition) is 2. The van der Waals surface area contributed by atoms with Crippen molar-refractivity contribution in [2.45, 2.75) is 6.92 Å². The zero-order chi connectivity index (χ0) is 15.1. The van der Waals surface area contributed by atoms with Crippen LogP contribution in [0.5, 0.6) is 0 Å². The summed E-state index contributed by atoms with van der Waals surface area (Å²) < 4.78 is 14.4. The first-order valence-electron chi connectivity index (χ1n) is 6.15. The molecule has 0 atom stereocenters. The Hall–Kier alpha value is -2.21. The number of aromatic amines is 1. The number of aromatic carboxylic acids is 1. The smallest absolute Gasteiger partial charge is 0.338 e. The summed E-state index contributed by atoms with van der Waals surface area (Å²) in [5.74, 6) is -1.30. The van der Waals surface area contributed by atoms with Gasteiger partial charge in [-0.3, -0.25) is 0 Å². The third kappa shape index (κ3) is 2.31. The van der Waals surface area contributed by atoms with Crippen molar-refractivity contribution in [1.29, 1.82) is 0 Å². The lowest BCUT2D eigenvalue weighted by Crippen LogP contribution is -1.98. The first-order chi connectivity index (χ1) is 9.97. The third-order valence-electron chi connectivity index (χ3n) is 3.30. The summed E-state index contributed by atoms with van der Waals surface area (Å²) in [5, 5.41) is 9.16. The average molecular weight is 349 g/mol. The molecule has 0 unspecified atom stereocenters. The number of nitrogens with zero attached hydrogens (tertiary/aromatic N) is 1. The fourth-order valence-electron chi connectivity index (χ4n) is 2.24. The minimum Gasteiger partial charge on any atom is -0.478 e. The second-order valence-electron chi connectivity index (χ2n) is 4.65. The van der Waals surface area contributed by atoms with Crippen LogP contribution in [0.1, 0.15) is 15.9 Å². The van der Waals surface area contributed by atoms with Gasteiger partial charge in [0.1, 0.15) is 17.2 Å². The quantitative estimate of drug-likeness (QED) is 0.731. The SMILES string of the molecule is Cc1c(Br)cccc1-c1nc2c(C(=O)O)cc(F)cc2[nH]1. The number of fused-ring (bicyclic) bond motifs is 1. The van der Waals surface area contributed by atoms with Gasteiger partial charge in [-0.1, -0.05) is 28.1 Å². The van der Waals surface area contributed by atoms with E-state index in [9.17, 15) is 9.18 Å². The number of carboxylic acids is 1. The number of H-pyrrole nitrogens is 1. The number of rotatable bonds is 2. The van der Waals surface area contributed by atoms with E-state index in [1.165, 1.54) is 6.07 Å². The van der Waals surface area contributed by atoms with Crippen LogP contribution in [0.4, 0.5) is 4.39 Å². The zero-order valence-corrected chi connectivity index (χ0v) is 12.5. The van der Waals surface area contributed by atoms with E-state index in [1.54, 1.807) is 0 Å². The summed E-state index contributed by atoms with van der Waals surface area (Å²) in [5.41, 5.74) is 2.26. The van der Waals surface area contributed by atoms with Crippen LogP contribution in [0, 0.1) is 12.7 Å². The van der Waals surface area contributed by atoms with Gasteiger partial charge in [-0.25, -0.2) is 14.2 Å². The van der Waals surface area contributed by atoms with Crippen molar-refractivity contribution in [2.24, 2.45) is 0 Å². The molecule has 106 valence electrons. The standard InChI is InChI=1S/C15H10BrFN2O2/c1-7-9(3-2-4-11(7)16)14-18-12-6-8(17)5-10(15(20)21)13(12)19-14/h2-6H,1H3,(H,18,19)(H,20,21). The lowest BCUT2D eigenvalue weighted by molar-refractivity contribution is 0.0698. The highest BCUT2D eigenvalue weighted by molar-refractivity contribution is 9.10. The van der Waals surface area contributed by atoms with Crippen LogP contribution in [0.3, 0.4) is 0 Å². The van der Waals surface area contributed by atoms with Crippen LogP contribution in [0.25, 0.3) is 22.4 Å². The Morgan fingerprint density at radius 3 is 2.86 bits per heavy atom. The van der Waals surface area contributed by atoms with E-state index in [2.05, 4.69) is 25.9 Å². The van der Waals surface area contributed by atoms with Crippen molar-refractivity contribution in [3.63, 3.8) is 0 Å². The van der Waals surface area contributed by atoms with Crippen molar-refractivity contribution >= 4 is 32.9 Å². The van der Waals surface area contributed by atoms with Gasteiger partial charge in [0.15, 0.2) is 0 Å². The Bertz CT molecular complexity index is 873. The molecule has 0 saturated heterocycles. The van der Waals surface area contributed by atoms with Gasteiger partial charge in [0.25, 0.3) is 0 Å². The highest BCUT2D eigenvalue weighted by Gasteiger charge is 2.16. The maximum absolute atomic E-state index is 13.5. The molecule has 3 rings (SSSR count). The van der Waals surface area contributed by atoms with E-state index >= 15 is 0 Å². The van der Waals surface area contributed by atoms with E-state index in [1.807, 2.05) is 25.1 Å². The van der Waals surface area contributed by atoms with Crippen LogP contribution < -0.4 is 0 Å². The molecule has 3 aromatic rings. The summed E-state index contributed by atoms with van der Waals surface area (Å²) in [7, 11) is 0. The van der Waals surface area contributed by atoms with Crippen molar-refractivity contribution in [3.05, 3.63) is 51.7 Å². The first kappa shape index (κ1) is 13.8. The van der Waals surface area contributed by atoms with Crippen molar-refractivity contribution in [2.75, 3.05) is 0 Å². The fourth-order valence-corrected chi connectivity index (χ4v) is 2.60. The number of imidazole rings is 1. The van der Waals surface area contributed by atoms with Crippen molar-refractivity contribution in [1.82, 2.24) is 9.97 Å². The molecule has 0 spiro atoms. The summed E-state index contributed by atoms with van der Waals surface area (Å²) >= 11 is 3.44. The van der Waals surface area contributed by atoms with Crippen molar-refractivity contribution in [3.8, 4) is 11.4 Å². The van der Waals surface area contributed by atoms with Gasteiger partial charge < -0.3 is 10.1 Å². The summed E-state index contributed by atoms with van der Waals surface area (Å²) in [6, 6.07) is 7.85. The molecule has 2 N–H and O–H groups in total. The summed E-state index contributed by atoms with van der Waals surface area (Å²) in [4.78, 5) is 18.5. The van der Waals surface area contributed by atoms with Gasteiger partial charge >= 0.3 is 5.97 Å². The van der Waals surface area contributed by atoms with Gasteiger partial charge in [-0.2, -0.15) is 0 Å². The number of halogens is 2. The molecule has 0 aliphatic rings. The number of nitrogens with one attached hydrogen (secondary N) is 1. The molecule has 1 heterocycles. The molecule has 0 aliphatic heterocycles. The van der Waals surface area contributed by atoms with Crippen LogP contribution in [0.2, 0.25) is 0 Å². The van der Waals surface area contributed by atoms with Gasteiger partial charge in [0.05, 0.1) is 11.1 Å². The molecule has 0 aliphatic carbocycles. The van der Waals surface area contributed by atoms with E-state index in [-0.39, 0.29) is 11.1 Å². The van der Waals surface area contributed by atoms with Gasteiger partial charge in [-0.15, -0.1) is 0 Å². The largest absolute Gasteiger partial charge is 0.478 e. The van der Waals surface area contributed by atoms with Crippen LogP contribution in [0.15, 0.2) is 34.8 Å².